The molecule has 1 rings (SSSR count). The van der Waals surface area contributed by atoms with Crippen LogP contribution in [0, 0.1) is 0 Å². The molecular formula is C12H18BNO. The van der Waals surface area contributed by atoms with Gasteiger partial charge < -0.3 is 10.4 Å². The fraction of sp³-hybridized carbons (Fsp3) is 0.500. The molecule has 0 saturated heterocycles. The molecule has 1 unspecified atom stereocenters. The number of phenols is 1. The maximum absolute atomic E-state index is 9.20. The SMILES string of the molecule is [B]C(C)(C)CC(NC)c1ccc(O)cc1. The van der Waals surface area contributed by atoms with Crippen molar-refractivity contribution in [2.75, 3.05) is 7.05 Å². The van der Waals surface area contributed by atoms with Gasteiger partial charge in [0, 0.05) is 6.04 Å². The monoisotopic (exact) mass is 203 g/mol. The number of nitrogens with one attached hydrogen (secondary N) is 1. The van der Waals surface area contributed by atoms with E-state index in [1.54, 1.807) is 12.1 Å². The summed E-state index contributed by atoms with van der Waals surface area (Å²) >= 11 is 0. The van der Waals surface area contributed by atoms with Crippen LogP contribution in [0.1, 0.15) is 31.9 Å². The summed E-state index contributed by atoms with van der Waals surface area (Å²) in [4.78, 5) is 0. The van der Waals surface area contributed by atoms with Crippen LogP contribution in [0.2, 0.25) is 5.31 Å². The van der Waals surface area contributed by atoms with E-state index in [2.05, 4.69) is 5.32 Å². The minimum absolute atomic E-state index is 0.203. The first-order valence-corrected chi connectivity index (χ1v) is 5.17. The van der Waals surface area contributed by atoms with Crippen LogP contribution in [0.4, 0.5) is 0 Å². The van der Waals surface area contributed by atoms with E-state index >= 15 is 0 Å². The van der Waals surface area contributed by atoms with Gasteiger partial charge in [-0.05, 0) is 31.2 Å². The number of benzene rings is 1. The van der Waals surface area contributed by atoms with E-state index in [0.29, 0.717) is 5.75 Å². The second-order valence-electron chi connectivity index (χ2n) is 4.63. The molecule has 0 bridgehead atoms. The van der Waals surface area contributed by atoms with Crippen LogP contribution in [0.15, 0.2) is 24.3 Å². The molecule has 1 aromatic rings. The molecule has 0 amide bonds. The normalized spacial score (nSPS) is 13.8. The molecule has 1 atom stereocenters. The molecule has 80 valence electrons. The minimum atomic E-state index is -0.203. The third-order valence-electron chi connectivity index (χ3n) is 2.37. The van der Waals surface area contributed by atoms with Crippen LogP contribution in [0.5, 0.6) is 5.75 Å². The Morgan fingerprint density at radius 2 is 1.87 bits per heavy atom. The molecular weight excluding hydrogens is 185 g/mol. The highest BCUT2D eigenvalue weighted by Crippen LogP contribution is 2.32. The molecule has 0 heterocycles. The second kappa shape index (κ2) is 4.71. The Morgan fingerprint density at radius 1 is 1.33 bits per heavy atom. The Morgan fingerprint density at radius 3 is 2.27 bits per heavy atom. The molecule has 15 heavy (non-hydrogen) atoms. The van der Waals surface area contributed by atoms with E-state index in [-0.39, 0.29) is 11.4 Å². The summed E-state index contributed by atoms with van der Waals surface area (Å²) in [7, 11) is 7.91. The predicted molar refractivity (Wildman–Crippen MR) is 64.3 cm³/mol. The second-order valence-corrected chi connectivity index (χ2v) is 4.63. The van der Waals surface area contributed by atoms with Crippen molar-refractivity contribution in [3.8, 4) is 5.75 Å². The third kappa shape index (κ3) is 3.96. The fourth-order valence-corrected chi connectivity index (χ4v) is 1.62. The zero-order valence-electron chi connectivity index (χ0n) is 9.62. The van der Waals surface area contributed by atoms with Crippen LogP contribution in [-0.2, 0) is 0 Å². The van der Waals surface area contributed by atoms with Crippen LogP contribution < -0.4 is 5.32 Å². The highest BCUT2D eigenvalue weighted by atomic mass is 16.3. The van der Waals surface area contributed by atoms with E-state index in [0.717, 1.165) is 12.0 Å². The fourth-order valence-electron chi connectivity index (χ4n) is 1.62. The lowest BCUT2D eigenvalue weighted by Crippen LogP contribution is -2.21. The summed E-state index contributed by atoms with van der Waals surface area (Å²) in [5.74, 6) is 0.292. The van der Waals surface area contributed by atoms with Crippen molar-refractivity contribution < 1.29 is 5.11 Å². The van der Waals surface area contributed by atoms with Crippen molar-refractivity contribution in [2.24, 2.45) is 0 Å². The summed E-state index contributed by atoms with van der Waals surface area (Å²) in [5.41, 5.74) is 1.15. The van der Waals surface area contributed by atoms with Crippen molar-refractivity contribution in [2.45, 2.75) is 31.6 Å². The smallest absolute Gasteiger partial charge is 0.115 e. The van der Waals surface area contributed by atoms with Crippen molar-refractivity contribution in [1.29, 1.82) is 0 Å². The number of rotatable bonds is 4. The lowest BCUT2D eigenvalue weighted by Gasteiger charge is -2.26. The van der Waals surface area contributed by atoms with E-state index in [1.807, 2.05) is 33.0 Å². The molecule has 2 nitrogen and oxygen atoms in total. The van der Waals surface area contributed by atoms with Gasteiger partial charge >= 0.3 is 0 Å². The minimum Gasteiger partial charge on any atom is -0.508 e. The molecule has 0 aliphatic heterocycles. The van der Waals surface area contributed by atoms with Gasteiger partial charge in [-0.3, -0.25) is 0 Å². The maximum Gasteiger partial charge on any atom is 0.115 e. The average molecular weight is 203 g/mol. The molecule has 2 N–H and O–H groups in total. The third-order valence-corrected chi connectivity index (χ3v) is 2.37. The molecule has 2 radical (unpaired) electrons. The van der Waals surface area contributed by atoms with Gasteiger partial charge in [0.25, 0.3) is 0 Å². The first kappa shape index (κ1) is 12.1. The number of hydrogen-bond donors (Lipinski definition) is 2. The van der Waals surface area contributed by atoms with Gasteiger partial charge in [-0.15, -0.1) is 0 Å². The summed E-state index contributed by atoms with van der Waals surface area (Å²) in [5, 5.41) is 12.2. The van der Waals surface area contributed by atoms with Gasteiger partial charge in [-0.1, -0.05) is 31.3 Å². The van der Waals surface area contributed by atoms with Gasteiger partial charge in [0.15, 0.2) is 0 Å². The summed E-state index contributed by atoms with van der Waals surface area (Å²) < 4.78 is 0. The first-order chi connectivity index (χ1) is 6.92. The Labute approximate surface area is 93.1 Å². The molecule has 0 aliphatic carbocycles. The van der Waals surface area contributed by atoms with Crippen molar-refractivity contribution in [3.05, 3.63) is 29.8 Å². The van der Waals surface area contributed by atoms with Crippen LogP contribution in [0.3, 0.4) is 0 Å². The number of hydrogen-bond acceptors (Lipinski definition) is 2. The Bertz CT molecular complexity index is 302. The van der Waals surface area contributed by atoms with E-state index < -0.39 is 0 Å². The van der Waals surface area contributed by atoms with Crippen LogP contribution in [0.25, 0.3) is 0 Å². The Kier molecular flexibility index (Phi) is 3.80. The topological polar surface area (TPSA) is 32.3 Å². The average Bonchev–Trinajstić information content (AvgIpc) is 2.14. The van der Waals surface area contributed by atoms with E-state index in [1.165, 1.54) is 0 Å². The summed E-state index contributed by atoms with van der Waals surface area (Å²) in [6.07, 6.45) is 0.855. The zero-order chi connectivity index (χ0) is 11.5. The van der Waals surface area contributed by atoms with E-state index in [9.17, 15) is 5.11 Å². The number of aromatic hydroxyl groups is 1. The van der Waals surface area contributed by atoms with E-state index in [4.69, 9.17) is 7.85 Å². The molecule has 0 aromatic heterocycles. The summed E-state index contributed by atoms with van der Waals surface area (Å²) in [6, 6.07) is 7.46. The molecule has 0 fully saturated rings. The molecule has 3 heteroatoms. The maximum atomic E-state index is 9.20. The standard InChI is InChI=1S/C12H18BNO/c1-12(2,13)8-11(14-3)9-4-6-10(15)7-5-9/h4-7,11,14-15H,8H2,1-3H3. The quantitative estimate of drug-likeness (QED) is 0.736. The highest BCUT2D eigenvalue weighted by Gasteiger charge is 2.18. The van der Waals surface area contributed by atoms with Gasteiger partial charge in [-0.2, -0.15) is 0 Å². The van der Waals surface area contributed by atoms with Gasteiger partial charge in [0.1, 0.15) is 5.75 Å². The molecule has 0 saturated carbocycles. The van der Waals surface area contributed by atoms with Crippen molar-refractivity contribution >= 4 is 7.85 Å². The van der Waals surface area contributed by atoms with Gasteiger partial charge in [0.2, 0.25) is 0 Å². The lowest BCUT2D eigenvalue weighted by molar-refractivity contribution is 0.464. The lowest BCUT2D eigenvalue weighted by atomic mass is 9.68. The Balaban J connectivity index is 2.79. The van der Waals surface area contributed by atoms with Crippen LogP contribution in [-0.4, -0.2) is 20.0 Å². The van der Waals surface area contributed by atoms with Crippen molar-refractivity contribution in [1.82, 2.24) is 5.32 Å². The first-order valence-electron chi connectivity index (χ1n) is 5.17. The van der Waals surface area contributed by atoms with Crippen LogP contribution >= 0.6 is 0 Å². The zero-order valence-corrected chi connectivity index (χ0v) is 9.62. The predicted octanol–water partition coefficient (Wildman–Crippen LogP) is 2.41. The summed E-state index contributed by atoms with van der Waals surface area (Å²) in [6.45, 7) is 4.02. The van der Waals surface area contributed by atoms with Crippen molar-refractivity contribution in [3.63, 3.8) is 0 Å². The largest absolute Gasteiger partial charge is 0.508 e. The molecule has 0 spiro atoms. The van der Waals surface area contributed by atoms with Gasteiger partial charge in [0.05, 0.1) is 7.85 Å². The molecule has 0 aliphatic rings. The highest BCUT2D eigenvalue weighted by molar-refractivity contribution is 6.14. The van der Waals surface area contributed by atoms with Gasteiger partial charge in [-0.25, -0.2) is 0 Å². The number of phenolic OH excluding ortho intramolecular Hbond substituents is 1. The Hall–Kier alpha value is -0.955. The molecule has 1 aromatic carbocycles.